The van der Waals surface area contributed by atoms with Crippen molar-refractivity contribution in [3.05, 3.63) is 0 Å². The minimum Gasteiger partial charge on any atom is -0.463 e. The van der Waals surface area contributed by atoms with Gasteiger partial charge >= 0.3 is 5.97 Å². The normalized spacial score (nSPS) is 11.5. The summed E-state index contributed by atoms with van der Waals surface area (Å²) in [6, 6.07) is 0. The summed E-state index contributed by atoms with van der Waals surface area (Å²) < 4.78 is 5.14. The Morgan fingerprint density at radius 3 is 1.27 bits per heavy atom. The highest BCUT2D eigenvalue weighted by atomic mass is 16.5. The molecule has 0 radical (unpaired) electrons. The van der Waals surface area contributed by atoms with Gasteiger partial charge in [0.1, 0.15) is 0 Å². The quantitative estimate of drug-likeness (QED) is 0.169. The van der Waals surface area contributed by atoms with E-state index in [9.17, 15) is 4.79 Å². The molecular weight excluding hydrogens is 320 g/mol. The van der Waals surface area contributed by atoms with Crippen molar-refractivity contribution < 1.29 is 9.53 Å². The van der Waals surface area contributed by atoms with Crippen LogP contribution in [0.2, 0.25) is 0 Å². The zero-order valence-electron chi connectivity index (χ0n) is 18.5. The molecule has 0 spiro atoms. The van der Waals surface area contributed by atoms with E-state index in [2.05, 4.69) is 13.8 Å². The fourth-order valence-corrected chi connectivity index (χ4v) is 3.44. The summed E-state index contributed by atoms with van der Waals surface area (Å²) in [6.07, 6.45) is 22.5. The van der Waals surface area contributed by atoms with E-state index < -0.39 is 0 Å². The van der Waals surface area contributed by atoms with Crippen molar-refractivity contribution in [1.82, 2.24) is 0 Å². The van der Waals surface area contributed by atoms with Crippen molar-refractivity contribution in [2.75, 3.05) is 0 Å². The van der Waals surface area contributed by atoms with E-state index in [0.717, 1.165) is 12.3 Å². The van der Waals surface area contributed by atoms with Crippen LogP contribution in [0.25, 0.3) is 0 Å². The Labute approximate surface area is 164 Å². The highest BCUT2D eigenvalue weighted by molar-refractivity contribution is 5.69. The third-order valence-electron chi connectivity index (χ3n) is 5.03. The van der Waals surface area contributed by atoms with Gasteiger partial charge in [-0.3, -0.25) is 4.79 Å². The Morgan fingerprint density at radius 1 is 0.577 bits per heavy atom. The van der Waals surface area contributed by atoms with Crippen LogP contribution in [-0.4, -0.2) is 12.1 Å². The van der Waals surface area contributed by atoms with Gasteiger partial charge in [-0.1, -0.05) is 110 Å². The number of unbranched alkanes of at least 4 members (excludes halogenated alkanes) is 14. The van der Waals surface area contributed by atoms with Crippen molar-refractivity contribution in [3.8, 4) is 0 Å². The topological polar surface area (TPSA) is 26.3 Å². The van der Waals surface area contributed by atoms with Gasteiger partial charge < -0.3 is 4.74 Å². The van der Waals surface area contributed by atoms with Crippen molar-refractivity contribution >= 4 is 5.97 Å². The van der Waals surface area contributed by atoms with E-state index in [0.29, 0.717) is 6.42 Å². The fourth-order valence-electron chi connectivity index (χ4n) is 3.44. The molecular formula is C24H48O2. The molecule has 0 aliphatic rings. The molecule has 0 aliphatic carbocycles. The van der Waals surface area contributed by atoms with Gasteiger partial charge in [0.05, 0.1) is 6.10 Å². The monoisotopic (exact) mass is 368 g/mol. The molecule has 0 bridgehead atoms. The summed E-state index contributed by atoms with van der Waals surface area (Å²) in [4.78, 5) is 11.4. The smallest absolute Gasteiger partial charge is 0.306 e. The molecule has 156 valence electrons. The molecule has 0 aromatic rings. The number of rotatable bonds is 19. The number of ether oxygens (including phenoxy) is 1. The first-order valence-electron chi connectivity index (χ1n) is 11.7. The molecule has 0 fully saturated rings. The van der Waals surface area contributed by atoms with Crippen molar-refractivity contribution in [2.45, 2.75) is 143 Å². The van der Waals surface area contributed by atoms with Crippen LogP contribution in [0.1, 0.15) is 137 Å². The maximum atomic E-state index is 11.4. The third kappa shape index (κ3) is 21.5. The highest BCUT2D eigenvalue weighted by Crippen LogP contribution is 2.15. The van der Waals surface area contributed by atoms with Crippen LogP contribution >= 0.6 is 0 Å². The molecule has 0 aromatic heterocycles. The van der Waals surface area contributed by atoms with Crippen LogP contribution < -0.4 is 0 Å². The Hall–Kier alpha value is -0.530. The largest absolute Gasteiger partial charge is 0.463 e. The minimum absolute atomic E-state index is 0.0252. The van der Waals surface area contributed by atoms with E-state index in [1.807, 2.05) is 13.8 Å². The minimum atomic E-state index is -0.0319. The van der Waals surface area contributed by atoms with Gasteiger partial charge in [-0.15, -0.1) is 0 Å². The van der Waals surface area contributed by atoms with Crippen molar-refractivity contribution in [1.29, 1.82) is 0 Å². The maximum absolute atomic E-state index is 11.4. The van der Waals surface area contributed by atoms with Crippen LogP contribution in [-0.2, 0) is 9.53 Å². The Bertz CT molecular complexity index is 297. The second kappa shape index (κ2) is 19.2. The average Bonchev–Trinajstić information content (AvgIpc) is 2.56. The SMILES string of the molecule is CC(C)CCCCCCCCCCCCCCCCCC(=O)OC(C)C. The Balaban J connectivity index is 3.08. The molecule has 0 atom stereocenters. The zero-order valence-corrected chi connectivity index (χ0v) is 18.5. The zero-order chi connectivity index (χ0) is 19.5. The van der Waals surface area contributed by atoms with Crippen molar-refractivity contribution in [3.63, 3.8) is 0 Å². The van der Waals surface area contributed by atoms with Crippen LogP contribution in [0.5, 0.6) is 0 Å². The first kappa shape index (κ1) is 25.5. The third-order valence-corrected chi connectivity index (χ3v) is 5.03. The lowest BCUT2D eigenvalue weighted by molar-refractivity contribution is -0.147. The predicted molar refractivity (Wildman–Crippen MR) is 115 cm³/mol. The molecule has 2 heteroatoms. The first-order chi connectivity index (χ1) is 12.5. The van der Waals surface area contributed by atoms with E-state index in [4.69, 9.17) is 4.74 Å². The van der Waals surface area contributed by atoms with Gasteiger partial charge in [0.15, 0.2) is 0 Å². The molecule has 0 N–H and O–H groups in total. The molecule has 0 saturated heterocycles. The highest BCUT2D eigenvalue weighted by Gasteiger charge is 2.04. The van der Waals surface area contributed by atoms with Crippen LogP contribution in [0.3, 0.4) is 0 Å². The number of hydrogen-bond donors (Lipinski definition) is 0. The second-order valence-corrected chi connectivity index (χ2v) is 8.77. The molecule has 0 amide bonds. The number of carbonyl (C=O) groups excluding carboxylic acids is 1. The molecule has 0 aromatic carbocycles. The van der Waals surface area contributed by atoms with Crippen LogP contribution in [0.4, 0.5) is 0 Å². The van der Waals surface area contributed by atoms with E-state index in [-0.39, 0.29) is 12.1 Å². The lowest BCUT2D eigenvalue weighted by Gasteiger charge is -2.07. The number of carbonyl (C=O) groups is 1. The summed E-state index contributed by atoms with van der Waals surface area (Å²) in [5.74, 6) is 0.846. The van der Waals surface area contributed by atoms with Crippen LogP contribution in [0, 0.1) is 5.92 Å². The standard InChI is InChI=1S/C24H48O2/c1-22(2)20-18-16-14-12-10-8-6-5-7-9-11-13-15-17-19-21-24(25)26-23(3)4/h22-23H,5-21H2,1-4H3. The maximum Gasteiger partial charge on any atom is 0.306 e. The molecule has 0 saturated carbocycles. The summed E-state index contributed by atoms with van der Waals surface area (Å²) in [5.41, 5.74) is 0. The van der Waals surface area contributed by atoms with Gasteiger partial charge in [-0.05, 0) is 26.2 Å². The Morgan fingerprint density at radius 2 is 0.923 bits per heavy atom. The summed E-state index contributed by atoms with van der Waals surface area (Å²) in [5, 5.41) is 0. The molecule has 0 aliphatic heterocycles. The van der Waals surface area contributed by atoms with E-state index >= 15 is 0 Å². The van der Waals surface area contributed by atoms with Crippen molar-refractivity contribution in [2.24, 2.45) is 5.92 Å². The van der Waals surface area contributed by atoms with Gasteiger partial charge in [-0.25, -0.2) is 0 Å². The lowest BCUT2D eigenvalue weighted by atomic mass is 10.0. The average molecular weight is 369 g/mol. The van der Waals surface area contributed by atoms with Crippen LogP contribution in [0.15, 0.2) is 0 Å². The molecule has 0 heterocycles. The van der Waals surface area contributed by atoms with E-state index in [1.54, 1.807) is 0 Å². The molecule has 2 nitrogen and oxygen atoms in total. The van der Waals surface area contributed by atoms with Gasteiger partial charge in [0, 0.05) is 6.42 Å². The van der Waals surface area contributed by atoms with Gasteiger partial charge in [0.25, 0.3) is 0 Å². The summed E-state index contributed by atoms with van der Waals surface area (Å²) in [6.45, 7) is 8.47. The van der Waals surface area contributed by atoms with E-state index in [1.165, 1.54) is 96.3 Å². The second-order valence-electron chi connectivity index (χ2n) is 8.77. The fraction of sp³-hybridized carbons (Fsp3) is 0.958. The first-order valence-corrected chi connectivity index (χ1v) is 11.7. The predicted octanol–water partition coefficient (Wildman–Crippen LogP) is 8.23. The summed E-state index contributed by atoms with van der Waals surface area (Å²) in [7, 11) is 0. The van der Waals surface area contributed by atoms with Gasteiger partial charge in [0.2, 0.25) is 0 Å². The number of esters is 1. The molecule has 0 unspecified atom stereocenters. The van der Waals surface area contributed by atoms with Gasteiger partial charge in [-0.2, -0.15) is 0 Å². The summed E-state index contributed by atoms with van der Waals surface area (Å²) >= 11 is 0. The number of hydrogen-bond acceptors (Lipinski definition) is 2. The molecule has 26 heavy (non-hydrogen) atoms. The lowest BCUT2D eigenvalue weighted by Crippen LogP contribution is -2.10. The Kier molecular flexibility index (Phi) is 18.8. The molecule has 0 rings (SSSR count).